The van der Waals surface area contributed by atoms with E-state index in [1.54, 1.807) is 6.20 Å². The van der Waals surface area contributed by atoms with Crippen LogP contribution in [0.4, 0.5) is 13.2 Å². The van der Waals surface area contributed by atoms with Gasteiger partial charge in [-0.1, -0.05) is 0 Å². The molecule has 0 amide bonds. The number of halogens is 6. The van der Waals surface area contributed by atoms with Crippen molar-refractivity contribution in [2.45, 2.75) is 50.7 Å². The van der Waals surface area contributed by atoms with Gasteiger partial charge in [0.25, 0.3) is 0 Å². The maximum absolute atomic E-state index is 12.7. The Bertz CT molecular complexity index is 513. The number of hydrogen-bond donors (Lipinski definition) is 1. The van der Waals surface area contributed by atoms with Crippen LogP contribution in [0.2, 0.25) is 0 Å². The Morgan fingerprint density at radius 2 is 1.65 bits per heavy atom. The molecule has 0 atom stereocenters. The van der Waals surface area contributed by atoms with E-state index in [0.717, 1.165) is 57.9 Å². The van der Waals surface area contributed by atoms with E-state index in [1.165, 1.54) is 12.8 Å². The fraction of sp³-hybridized carbons (Fsp3) is 0.812. The van der Waals surface area contributed by atoms with Gasteiger partial charge in [0.15, 0.2) is 0 Å². The molecular weight excluding hydrogens is 412 g/mol. The molecule has 0 spiro atoms. The number of piperidine rings is 1. The van der Waals surface area contributed by atoms with Gasteiger partial charge in [-0.2, -0.15) is 13.2 Å². The van der Waals surface area contributed by atoms with Crippen molar-refractivity contribution in [2.24, 2.45) is 0 Å². The van der Waals surface area contributed by atoms with Gasteiger partial charge in [0.05, 0.1) is 12.1 Å². The lowest BCUT2D eigenvalue weighted by molar-refractivity contribution is -0.127. The summed E-state index contributed by atoms with van der Waals surface area (Å²) in [5.74, 6) is 1.13. The molecule has 0 saturated carbocycles. The molecule has 0 unspecified atom stereocenters. The largest absolute Gasteiger partial charge is 0.394 e. The zero-order valence-corrected chi connectivity index (χ0v) is 17.1. The number of aromatic nitrogens is 2. The summed E-state index contributed by atoms with van der Waals surface area (Å²) in [6.45, 7) is 5.68. The minimum atomic E-state index is -4.19. The Balaban J connectivity index is 0.00000208. The molecule has 4 nitrogen and oxygen atoms in total. The molecule has 3 heterocycles. The molecule has 1 aromatic rings. The summed E-state index contributed by atoms with van der Waals surface area (Å²) in [6.07, 6.45) is 0.856. The zero-order chi connectivity index (χ0) is 16.3. The van der Waals surface area contributed by atoms with Crippen LogP contribution in [-0.4, -0.2) is 53.4 Å². The lowest BCUT2D eigenvalue weighted by Crippen LogP contribution is -2.29. The summed E-state index contributed by atoms with van der Waals surface area (Å²) in [4.78, 5) is 6.75. The first kappa shape index (κ1) is 25.8. The van der Waals surface area contributed by atoms with Crippen molar-refractivity contribution in [2.75, 3.05) is 32.7 Å². The van der Waals surface area contributed by atoms with Gasteiger partial charge < -0.3 is 14.8 Å². The molecule has 0 bridgehead atoms. The average molecular weight is 440 g/mol. The van der Waals surface area contributed by atoms with Crippen LogP contribution in [0, 0.1) is 0 Å². The summed E-state index contributed by atoms with van der Waals surface area (Å²) in [6, 6.07) is 0. The summed E-state index contributed by atoms with van der Waals surface area (Å²) in [5.41, 5.74) is 0.160. The summed E-state index contributed by atoms with van der Waals surface area (Å²) >= 11 is 0. The third-order valence-electron chi connectivity index (χ3n) is 4.80. The minimum absolute atomic E-state index is 0. The molecule has 0 aliphatic carbocycles. The second-order valence-corrected chi connectivity index (χ2v) is 6.65. The smallest absolute Gasteiger partial charge is 0.333 e. The van der Waals surface area contributed by atoms with Gasteiger partial charge in [-0.15, -0.1) is 37.2 Å². The molecule has 3 rings (SSSR count). The molecule has 2 fully saturated rings. The van der Waals surface area contributed by atoms with E-state index in [-0.39, 0.29) is 48.8 Å². The van der Waals surface area contributed by atoms with Crippen molar-refractivity contribution in [3.05, 3.63) is 17.7 Å². The molecule has 10 heteroatoms. The van der Waals surface area contributed by atoms with E-state index < -0.39 is 12.6 Å². The van der Waals surface area contributed by atoms with E-state index in [2.05, 4.69) is 15.2 Å². The second kappa shape index (κ2) is 11.6. The van der Waals surface area contributed by atoms with Gasteiger partial charge >= 0.3 is 6.18 Å². The van der Waals surface area contributed by atoms with Crippen LogP contribution in [0.3, 0.4) is 0 Å². The first-order chi connectivity index (χ1) is 11.0. The van der Waals surface area contributed by atoms with Gasteiger partial charge in [0.2, 0.25) is 0 Å². The monoisotopic (exact) mass is 438 g/mol. The lowest BCUT2D eigenvalue weighted by atomic mass is 9.97. The molecule has 2 saturated heterocycles. The number of imidazole rings is 1. The number of alkyl halides is 3. The van der Waals surface area contributed by atoms with Crippen LogP contribution >= 0.6 is 37.2 Å². The molecule has 1 N–H and O–H groups in total. The highest BCUT2D eigenvalue weighted by Gasteiger charge is 2.30. The number of likely N-dealkylation sites (tertiary alicyclic amines) is 1. The van der Waals surface area contributed by atoms with E-state index in [4.69, 9.17) is 0 Å². The molecule has 154 valence electrons. The molecule has 26 heavy (non-hydrogen) atoms. The van der Waals surface area contributed by atoms with E-state index >= 15 is 0 Å². The summed E-state index contributed by atoms with van der Waals surface area (Å²) < 4.78 is 40.0. The second-order valence-electron chi connectivity index (χ2n) is 6.65. The fourth-order valence-corrected chi connectivity index (χ4v) is 3.62. The predicted octanol–water partition coefficient (Wildman–Crippen LogP) is 3.82. The van der Waals surface area contributed by atoms with Crippen molar-refractivity contribution < 1.29 is 13.2 Å². The third kappa shape index (κ3) is 7.43. The first-order valence-corrected chi connectivity index (χ1v) is 8.57. The SMILES string of the molecule is Cl.Cl.Cl.FC(F)(F)Cc1cn(CCN2CCCC2)c(C2CCNCC2)n1. The van der Waals surface area contributed by atoms with Crippen molar-refractivity contribution >= 4 is 37.2 Å². The predicted molar refractivity (Wildman–Crippen MR) is 104 cm³/mol. The lowest BCUT2D eigenvalue weighted by Gasteiger charge is -2.24. The highest BCUT2D eigenvalue weighted by Crippen LogP contribution is 2.27. The maximum atomic E-state index is 12.7. The van der Waals surface area contributed by atoms with Gasteiger partial charge in [-0.05, 0) is 51.9 Å². The van der Waals surface area contributed by atoms with Crippen molar-refractivity contribution in [1.82, 2.24) is 19.8 Å². The van der Waals surface area contributed by atoms with Gasteiger partial charge in [0, 0.05) is 25.2 Å². The molecular formula is C16H28Cl3F3N4. The molecule has 0 radical (unpaired) electrons. The normalized spacial score (nSPS) is 18.7. The van der Waals surface area contributed by atoms with Crippen LogP contribution in [-0.2, 0) is 13.0 Å². The van der Waals surface area contributed by atoms with Crippen LogP contribution in [0.25, 0.3) is 0 Å². The highest BCUT2D eigenvalue weighted by molar-refractivity contribution is 5.86. The van der Waals surface area contributed by atoms with Crippen molar-refractivity contribution in [1.29, 1.82) is 0 Å². The van der Waals surface area contributed by atoms with E-state index in [1.807, 2.05) is 4.57 Å². The van der Waals surface area contributed by atoms with Gasteiger partial charge in [-0.25, -0.2) is 4.98 Å². The van der Waals surface area contributed by atoms with Crippen LogP contribution in [0.5, 0.6) is 0 Å². The number of nitrogens with one attached hydrogen (secondary N) is 1. The quantitative estimate of drug-likeness (QED) is 0.757. The first-order valence-electron chi connectivity index (χ1n) is 8.57. The van der Waals surface area contributed by atoms with Gasteiger partial charge in [-0.3, -0.25) is 0 Å². The maximum Gasteiger partial charge on any atom is 0.394 e. The average Bonchev–Trinajstić information content (AvgIpc) is 3.14. The van der Waals surface area contributed by atoms with Crippen molar-refractivity contribution in [3.63, 3.8) is 0 Å². The summed E-state index contributed by atoms with van der Waals surface area (Å²) in [7, 11) is 0. The van der Waals surface area contributed by atoms with Crippen molar-refractivity contribution in [3.8, 4) is 0 Å². The summed E-state index contributed by atoms with van der Waals surface area (Å²) in [5, 5.41) is 3.30. The Kier molecular flexibility index (Phi) is 11.5. The number of hydrogen-bond acceptors (Lipinski definition) is 3. The topological polar surface area (TPSA) is 33.1 Å². The molecule has 2 aliphatic rings. The van der Waals surface area contributed by atoms with Crippen LogP contribution in [0.15, 0.2) is 6.20 Å². The number of rotatable bonds is 5. The van der Waals surface area contributed by atoms with E-state index in [0.29, 0.717) is 0 Å². The van der Waals surface area contributed by atoms with Crippen LogP contribution in [0.1, 0.15) is 43.1 Å². The number of nitrogens with zero attached hydrogens (tertiary/aromatic N) is 3. The fourth-order valence-electron chi connectivity index (χ4n) is 3.62. The Hall–Kier alpha value is -0.210. The molecule has 1 aromatic heterocycles. The Labute approximate surface area is 171 Å². The third-order valence-corrected chi connectivity index (χ3v) is 4.80. The van der Waals surface area contributed by atoms with E-state index in [9.17, 15) is 13.2 Å². The van der Waals surface area contributed by atoms with Gasteiger partial charge in [0.1, 0.15) is 5.82 Å². The zero-order valence-electron chi connectivity index (χ0n) is 14.6. The Morgan fingerprint density at radius 3 is 2.23 bits per heavy atom. The standard InChI is InChI=1S/C16H25F3N4.3ClH/c17-16(18,19)11-14-12-23(10-9-22-7-1-2-8-22)15(21-14)13-3-5-20-6-4-13;;;/h12-13,20H,1-11H2;3*1H. The van der Waals surface area contributed by atoms with Crippen LogP contribution < -0.4 is 5.32 Å². The molecule has 0 aromatic carbocycles. The highest BCUT2D eigenvalue weighted by atomic mass is 35.5. The minimum Gasteiger partial charge on any atom is -0.333 e. The Morgan fingerprint density at radius 1 is 1.04 bits per heavy atom. The molecule has 2 aliphatic heterocycles.